The Kier molecular flexibility index (Phi) is 5.67. The van der Waals surface area contributed by atoms with E-state index in [9.17, 15) is 0 Å². The molecule has 0 radical (unpaired) electrons. The second kappa shape index (κ2) is 7.28. The van der Waals surface area contributed by atoms with E-state index in [-0.39, 0.29) is 4.83 Å². The summed E-state index contributed by atoms with van der Waals surface area (Å²) in [5.41, 5.74) is 2.62. The largest absolute Gasteiger partial charge is 0.496 e. The van der Waals surface area contributed by atoms with Crippen molar-refractivity contribution < 1.29 is 4.74 Å². The molecule has 0 fully saturated rings. The molecule has 0 aliphatic heterocycles. The maximum Gasteiger partial charge on any atom is 0.133 e. The van der Waals surface area contributed by atoms with Crippen molar-refractivity contribution in [1.82, 2.24) is 0 Å². The Bertz CT molecular complexity index is 554. The van der Waals surface area contributed by atoms with Crippen LogP contribution in [-0.2, 0) is 0 Å². The smallest absolute Gasteiger partial charge is 0.133 e. The van der Waals surface area contributed by atoms with E-state index in [0.29, 0.717) is 5.92 Å². The fraction of sp³-hybridized carbons (Fsp3) is 0.294. The van der Waals surface area contributed by atoms with Crippen LogP contribution < -0.4 is 4.74 Å². The number of alkyl halides is 1. The van der Waals surface area contributed by atoms with Crippen LogP contribution in [0.4, 0.5) is 0 Å². The van der Waals surface area contributed by atoms with Gasteiger partial charge in [-0.1, -0.05) is 59.3 Å². The molecule has 3 heteroatoms. The number of halogens is 2. The van der Waals surface area contributed by atoms with Crippen LogP contribution in [0.2, 0.25) is 0 Å². The van der Waals surface area contributed by atoms with Crippen LogP contribution in [0.25, 0.3) is 0 Å². The summed E-state index contributed by atoms with van der Waals surface area (Å²) in [6.45, 7) is 2.23. The average molecular weight is 398 g/mol. The summed E-state index contributed by atoms with van der Waals surface area (Å²) in [7, 11) is 1.68. The van der Waals surface area contributed by atoms with Crippen LogP contribution in [0.5, 0.6) is 5.75 Å². The molecule has 2 atom stereocenters. The zero-order chi connectivity index (χ0) is 14.5. The van der Waals surface area contributed by atoms with E-state index < -0.39 is 0 Å². The van der Waals surface area contributed by atoms with Crippen LogP contribution in [-0.4, -0.2) is 7.11 Å². The van der Waals surface area contributed by atoms with Crippen molar-refractivity contribution >= 4 is 31.9 Å². The number of benzene rings is 2. The van der Waals surface area contributed by atoms with Gasteiger partial charge in [-0.15, -0.1) is 0 Å². The molecule has 0 aliphatic carbocycles. The van der Waals surface area contributed by atoms with Gasteiger partial charge in [0.2, 0.25) is 0 Å². The summed E-state index contributed by atoms with van der Waals surface area (Å²) in [6, 6.07) is 16.9. The SMILES string of the molecule is CCC(c1ccccc1)C(Br)c1ccc(OC)c(Br)c1. The molecule has 0 saturated heterocycles. The van der Waals surface area contributed by atoms with Gasteiger partial charge in [-0.05, 0) is 45.6 Å². The van der Waals surface area contributed by atoms with E-state index in [2.05, 4.69) is 81.2 Å². The van der Waals surface area contributed by atoms with Gasteiger partial charge in [0.25, 0.3) is 0 Å². The molecular formula is C17H18Br2O. The topological polar surface area (TPSA) is 9.23 Å². The summed E-state index contributed by atoms with van der Waals surface area (Å²) in [5.74, 6) is 1.32. The molecule has 0 saturated carbocycles. The molecule has 2 aromatic carbocycles. The van der Waals surface area contributed by atoms with Crippen LogP contribution in [0.1, 0.15) is 35.2 Å². The Morgan fingerprint density at radius 2 is 1.75 bits per heavy atom. The van der Waals surface area contributed by atoms with Gasteiger partial charge in [0.05, 0.1) is 11.6 Å². The standard InChI is InChI=1S/C17H18Br2O/c1-3-14(12-7-5-4-6-8-12)17(19)13-9-10-16(20-2)15(18)11-13/h4-11,14,17H,3H2,1-2H3. The molecule has 0 bridgehead atoms. The Morgan fingerprint density at radius 3 is 2.30 bits per heavy atom. The highest BCUT2D eigenvalue weighted by Crippen LogP contribution is 2.41. The first kappa shape index (κ1) is 15.6. The van der Waals surface area contributed by atoms with Crippen molar-refractivity contribution in [2.75, 3.05) is 7.11 Å². The number of ether oxygens (including phenoxy) is 1. The van der Waals surface area contributed by atoms with Crippen molar-refractivity contribution in [3.05, 3.63) is 64.1 Å². The molecule has 0 amide bonds. The maximum absolute atomic E-state index is 5.29. The van der Waals surface area contributed by atoms with Gasteiger partial charge < -0.3 is 4.74 Å². The number of rotatable bonds is 5. The number of methoxy groups -OCH3 is 1. The molecule has 106 valence electrons. The lowest BCUT2D eigenvalue weighted by Crippen LogP contribution is -2.05. The quantitative estimate of drug-likeness (QED) is 0.554. The van der Waals surface area contributed by atoms with E-state index in [0.717, 1.165) is 16.6 Å². The Labute approximate surface area is 137 Å². The lowest BCUT2D eigenvalue weighted by atomic mass is 9.90. The molecule has 2 unspecified atom stereocenters. The summed E-state index contributed by atoms with van der Waals surface area (Å²) in [6.07, 6.45) is 1.09. The van der Waals surface area contributed by atoms with Gasteiger partial charge in [0.15, 0.2) is 0 Å². The summed E-state index contributed by atoms with van der Waals surface area (Å²) in [4.78, 5) is 0.289. The van der Waals surface area contributed by atoms with Gasteiger partial charge in [0.1, 0.15) is 5.75 Å². The Morgan fingerprint density at radius 1 is 1.05 bits per heavy atom. The van der Waals surface area contributed by atoms with Crippen LogP contribution in [0, 0.1) is 0 Å². The van der Waals surface area contributed by atoms with Crippen LogP contribution >= 0.6 is 31.9 Å². The Balaban J connectivity index is 2.29. The molecule has 1 nitrogen and oxygen atoms in total. The van der Waals surface area contributed by atoms with Crippen molar-refractivity contribution in [1.29, 1.82) is 0 Å². The van der Waals surface area contributed by atoms with Gasteiger partial charge in [0, 0.05) is 10.7 Å². The fourth-order valence-corrected chi connectivity index (χ4v) is 3.92. The van der Waals surface area contributed by atoms with E-state index in [4.69, 9.17) is 4.74 Å². The van der Waals surface area contributed by atoms with E-state index >= 15 is 0 Å². The first-order chi connectivity index (χ1) is 9.67. The highest BCUT2D eigenvalue weighted by molar-refractivity contribution is 9.10. The molecule has 0 spiro atoms. The lowest BCUT2D eigenvalue weighted by molar-refractivity contribution is 0.412. The lowest BCUT2D eigenvalue weighted by Gasteiger charge is -2.22. The first-order valence-electron chi connectivity index (χ1n) is 6.69. The number of hydrogen-bond donors (Lipinski definition) is 0. The van der Waals surface area contributed by atoms with Crippen molar-refractivity contribution in [2.45, 2.75) is 24.1 Å². The third-order valence-electron chi connectivity index (χ3n) is 3.52. The third kappa shape index (κ3) is 3.44. The molecular weight excluding hydrogens is 380 g/mol. The van der Waals surface area contributed by atoms with Gasteiger partial charge in [-0.25, -0.2) is 0 Å². The monoisotopic (exact) mass is 396 g/mol. The molecule has 0 heterocycles. The minimum Gasteiger partial charge on any atom is -0.496 e. The highest BCUT2D eigenvalue weighted by Gasteiger charge is 2.21. The Hall–Kier alpha value is -0.800. The van der Waals surface area contributed by atoms with E-state index in [1.165, 1.54) is 11.1 Å². The number of hydrogen-bond acceptors (Lipinski definition) is 1. The highest BCUT2D eigenvalue weighted by atomic mass is 79.9. The third-order valence-corrected chi connectivity index (χ3v) is 5.30. The van der Waals surface area contributed by atoms with Crippen molar-refractivity contribution in [3.8, 4) is 5.75 Å². The normalized spacial score (nSPS) is 13.8. The predicted octanol–water partition coefficient (Wildman–Crippen LogP) is 6.09. The predicted molar refractivity (Wildman–Crippen MR) is 91.8 cm³/mol. The van der Waals surface area contributed by atoms with Gasteiger partial charge >= 0.3 is 0 Å². The molecule has 2 aromatic rings. The zero-order valence-corrected chi connectivity index (χ0v) is 14.8. The summed E-state index contributed by atoms with van der Waals surface area (Å²) in [5, 5.41) is 0. The van der Waals surface area contributed by atoms with Gasteiger partial charge in [-0.3, -0.25) is 0 Å². The second-order valence-electron chi connectivity index (χ2n) is 4.72. The second-order valence-corrected chi connectivity index (χ2v) is 6.56. The molecule has 0 aromatic heterocycles. The van der Waals surface area contributed by atoms with Gasteiger partial charge in [-0.2, -0.15) is 0 Å². The molecule has 0 N–H and O–H groups in total. The zero-order valence-electron chi connectivity index (χ0n) is 11.6. The van der Waals surface area contributed by atoms with Crippen molar-refractivity contribution in [3.63, 3.8) is 0 Å². The molecule has 0 aliphatic rings. The maximum atomic E-state index is 5.29. The van der Waals surface area contributed by atoms with Crippen LogP contribution in [0.3, 0.4) is 0 Å². The minimum absolute atomic E-state index is 0.289. The van der Waals surface area contributed by atoms with Crippen LogP contribution in [0.15, 0.2) is 53.0 Å². The van der Waals surface area contributed by atoms with E-state index in [1.54, 1.807) is 7.11 Å². The summed E-state index contributed by atoms with van der Waals surface area (Å²) >= 11 is 7.43. The molecule has 2 rings (SSSR count). The first-order valence-corrected chi connectivity index (χ1v) is 8.40. The minimum atomic E-state index is 0.289. The average Bonchev–Trinajstić information content (AvgIpc) is 2.49. The fourth-order valence-electron chi connectivity index (χ4n) is 2.40. The summed E-state index contributed by atoms with van der Waals surface area (Å²) < 4.78 is 6.28. The van der Waals surface area contributed by atoms with E-state index in [1.807, 2.05) is 6.07 Å². The van der Waals surface area contributed by atoms with Crippen molar-refractivity contribution in [2.24, 2.45) is 0 Å². The molecule has 20 heavy (non-hydrogen) atoms.